The lowest BCUT2D eigenvalue weighted by Gasteiger charge is -2.20. The third-order valence-electron chi connectivity index (χ3n) is 2.77. The lowest BCUT2D eigenvalue weighted by Crippen LogP contribution is -2.23. The molecule has 0 bridgehead atoms. The van der Waals surface area contributed by atoms with Crippen LogP contribution in [0.15, 0.2) is 18.2 Å². The third-order valence-corrected chi connectivity index (χ3v) is 3.00. The molecule has 1 aromatic rings. The second kappa shape index (κ2) is 8.62. The molecule has 0 atom stereocenters. The van der Waals surface area contributed by atoms with Crippen LogP contribution in [0.2, 0.25) is 5.02 Å². The van der Waals surface area contributed by atoms with Crippen LogP contribution in [0, 0.1) is 5.92 Å². The van der Waals surface area contributed by atoms with E-state index in [1.54, 1.807) is 0 Å². The molecule has 0 aromatic heterocycles. The van der Waals surface area contributed by atoms with Gasteiger partial charge in [-0.1, -0.05) is 25.4 Å². The first-order valence-electron chi connectivity index (χ1n) is 7.54. The monoisotopic (exact) mass is 313 g/mol. The molecule has 1 rings (SSSR count). The second-order valence-corrected chi connectivity index (χ2v) is 7.02. The zero-order chi connectivity index (χ0) is 15.9. The zero-order valence-electron chi connectivity index (χ0n) is 13.8. The average Bonchev–Trinajstić information content (AvgIpc) is 2.35. The Labute approximate surface area is 134 Å². The molecule has 0 spiro atoms. The Morgan fingerprint density at radius 1 is 1.19 bits per heavy atom. The first kappa shape index (κ1) is 18.3. The van der Waals surface area contributed by atoms with Crippen LogP contribution in [0.5, 0.6) is 5.75 Å². The lowest BCUT2D eigenvalue weighted by molar-refractivity contribution is -0.0164. The maximum Gasteiger partial charge on any atom is 0.124 e. The predicted molar refractivity (Wildman–Crippen MR) is 89.2 cm³/mol. The Kier molecular flexibility index (Phi) is 7.50. The van der Waals surface area contributed by atoms with E-state index >= 15 is 0 Å². The van der Waals surface area contributed by atoms with Gasteiger partial charge in [0.2, 0.25) is 0 Å². The largest absolute Gasteiger partial charge is 0.491 e. The molecular formula is C17H28ClNO2. The van der Waals surface area contributed by atoms with Gasteiger partial charge in [-0.05, 0) is 51.4 Å². The molecule has 120 valence electrons. The first-order valence-corrected chi connectivity index (χ1v) is 7.91. The van der Waals surface area contributed by atoms with Crippen molar-refractivity contribution >= 4 is 11.6 Å². The molecule has 0 aliphatic rings. The molecule has 21 heavy (non-hydrogen) atoms. The van der Waals surface area contributed by atoms with Gasteiger partial charge >= 0.3 is 0 Å². The van der Waals surface area contributed by atoms with Gasteiger partial charge in [-0.3, -0.25) is 0 Å². The van der Waals surface area contributed by atoms with Gasteiger partial charge in [0.05, 0.1) is 12.2 Å². The van der Waals surface area contributed by atoms with Crippen molar-refractivity contribution in [2.45, 2.75) is 46.8 Å². The molecule has 0 amide bonds. The highest BCUT2D eigenvalue weighted by Gasteiger charge is 2.10. The van der Waals surface area contributed by atoms with Gasteiger partial charge in [0.25, 0.3) is 0 Å². The van der Waals surface area contributed by atoms with E-state index in [0.29, 0.717) is 19.1 Å². The van der Waals surface area contributed by atoms with E-state index in [9.17, 15) is 0 Å². The van der Waals surface area contributed by atoms with Crippen LogP contribution >= 0.6 is 11.6 Å². The number of halogens is 1. The van der Waals surface area contributed by atoms with Crippen molar-refractivity contribution in [3.05, 3.63) is 28.8 Å². The second-order valence-electron chi connectivity index (χ2n) is 6.59. The summed E-state index contributed by atoms with van der Waals surface area (Å²) in [5, 5.41) is 4.14. The summed E-state index contributed by atoms with van der Waals surface area (Å²) in [5.74, 6) is 1.49. The molecule has 0 saturated carbocycles. The van der Waals surface area contributed by atoms with Gasteiger partial charge in [0.15, 0.2) is 0 Å². The topological polar surface area (TPSA) is 30.5 Å². The van der Waals surface area contributed by atoms with Crippen LogP contribution in [-0.4, -0.2) is 25.4 Å². The molecule has 0 radical (unpaired) electrons. The normalized spacial score (nSPS) is 12.0. The molecule has 0 aliphatic heterocycles. The first-order chi connectivity index (χ1) is 9.78. The summed E-state index contributed by atoms with van der Waals surface area (Å²) in [7, 11) is 0. The molecule has 0 fully saturated rings. The lowest BCUT2D eigenvalue weighted by atomic mass is 10.2. The molecular weight excluding hydrogens is 286 g/mol. The van der Waals surface area contributed by atoms with Crippen LogP contribution in [0.4, 0.5) is 0 Å². The van der Waals surface area contributed by atoms with E-state index in [0.717, 1.165) is 29.4 Å². The Hall–Kier alpha value is -0.770. The van der Waals surface area contributed by atoms with Gasteiger partial charge in [-0.2, -0.15) is 0 Å². The Morgan fingerprint density at radius 3 is 2.52 bits per heavy atom. The van der Waals surface area contributed by atoms with Gasteiger partial charge in [0, 0.05) is 17.1 Å². The number of ether oxygens (including phenoxy) is 2. The van der Waals surface area contributed by atoms with E-state index in [4.69, 9.17) is 21.1 Å². The minimum atomic E-state index is -0.134. The van der Waals surface area contributed by atoms with Gasteiger partial charge in [-0.15, -0.1) is 0 Å². The number of rotatable bonds is 8. The quantitative estimate of drug-likeness (QED) is 0.727. The van der Waals surface area contributed by atoms with Crippen LogP contribution in [0.25, 0.3) is 0 Å². The van der Waals surface area contributed by atoms with E-state index < -0.39 is 0 Å². The fourth-order valence-corrected chi connectivity index (χ4v) is 2.02. The van der Waals surface area contributed by atoms with Crippen LogP contribution in [0.1, 0.15) is 40.2 Å². The summed E-state index contributed by atoms with van der Waals surface area (Å²) in [6.07, 6.45) is 0. The fourth-order valence-electron chi connectivity index (χ4n) is 1.82. The Morgan fingerprint density at radius 2 is 1.90 bits per heavy atom. The minimum Gasteiger partial charge on any atom is -0.491 e. The summed E-state index contributed by atoms with van der Waals surface area (Å²) in [6, 6.07) is 5.73. The minimum absolute atomic E-state index is 0.134. The van der Waals surface area contributed by atoms with Crippen molar-refractivity contribution in [1.82, 2.24) is 5.32 Å². The smallest absolute Gasteiger partial charge is 0.124 e. The number of hydrogen-bond acceptors (Lipinski definition) is 3. The van der Waals surface area contributed by atoms with E-state index in [1.165, 1.54) is 0 Å². The predicted octanol–water partition coefficient (Wildman–Crippen LogP) is 4.28. The molecule has 0 unspecified atom stereocenters. The maximum absolute atomic E-state index is 6.07. The highest BCUT2D eigenvalue weighted by Crippen LogP contribution is 2.23. The summed E-state index contributed by atoms with van der Waals surface area (Å²) >= 11 is 6.07. The van der Waals surface area contributed by atoms with Gasteiger partial charge < -0.3 is 14.8 Å². The van der Waals surface area contributed by atoms with Crippen molar-refractivity contribution in [3.8, 4) is 5.75 Å². The molecule has 1 aromatic carbocycles. The third kappa shape index (κ3) is 8.30. The zero-order valence-corrected chi connectivity index (χ0v) is 14.6. The van der Waals surface area contributed by atoms with Crippen molar-refractivity contribution < 1.29 is 9.47 Å². The highest BCUT2D eigenvalue weighted by atomic mass is 35.5. The molecule has 0 heterocycles. The summed E-state index contributed by atoms with van der Waals surface area (Å²) < 4.78 is 11.5. The summed E-state index contributed by atoms with van der Waals surface area (Å²) in [4.78, 5) is 0. The molecule has 4 heteroatoms. The highest BCUT2D eigenvalue weighted by molar-refractivity contribution is 6.30. The van der Waals surface area contributed by atoms with Gasteiger partial charge in [0.1, 0.15) is 12.4 Å². The summed E-state index contributed by atoms with van der Waals surface area (Å²) in [6.45, 7) is 13.3. The van der Waals surface area contributed by atoms with Crippen molar-refractivity contribution in [2.75, 3.05) is 19.8 Å². The number of nitrogens with one attached hydrogen (secondary N) is 1. The average molecular weight is 314 g/mol. The van der Waals surface area contributed by atoms with E-state index in [2.05, 4.69) is 19.2 Å². The summed E-state index contributed by atoms with van der Waals surface area (Å²) in [5.41, 5.74) is 0.948. The number of benzene rings is 1. The van der Waals surface area contributed by atoms with Crippen LogP contribution < -0.4 is 10.1 Å². The molecule has 3 nitrogen and oxygen atoms in total. The Balaban J connectivity index is 2.52. The number of hydrogen-bond donors (Lipinski definition) is 1. The van der Waals surface area contributed by atoms with Crippen LogP contribution in [0.3, 0.4) is 0 Å². The maximum atomic E-state index is 6.07. The van der Waals surface area contributed by atoms with Crippen molar-refractivity contribution in [2.24, 2.45) is 5.92 Å². The van der Waals surface area contributed by atoms with Crippen molar-refractivity contribution in [1.29, 1.82) is 0 Å². The molecule has 0 saturated heterocycles. The fraction of sp³-hybridized carbons (Fsp3) is 0.647. The van der Waals surface area contributed by atoms with Crippen molar-refractivity contribution in [3.63, 3.8) is 0 Å². The van der Waals surface area contributed by atoms with Crippen LogP contribution in [-0.2, 0) is 11.3 Å². The molecule has 1 N–H and O–H groups in total. The SMILES string of the molecule is CC(C)CNCc1cc(Cl)ccc1OCCOC(C)(C)C. The van der Waals surface area contributed by atoms with E-state index in [-0.39, 0.29) is 5.60 Å². The molecule has 0 aliphatic carbocycles. The van der Waals surface area contributed by atoms with Gasteiger partial charge in [-0.25, -0.2) is 0 Å². The standard InChI is InChI=1S/C17H28ClNO2/c1-13(2)11-19-12-14-10-15(18)6-7-16(14)20-8-9-21-17(3,4)5/h6-7,10,13,19H,8-9,11-12H2,1-5H3. The van der Waals surface area contributed by atoms with E-state index in [1.807, 2.05) is 39.0 Å². The Bertz CT molecular complexity index is 427.